The molecule has 2 heterocycles. The number of rotatable bonds is 17. The molecule has 2 aliphatic heterocycles. The summed E-state index contributed by atoms with van der Waals surface area (Å²) in [5.41, 5.74) is 0.311. The van der Waals surface area contributed by atoms with Crippen LogP contribution in [0.3, 0.4) is 0 Å². The smallest absolute Gasteiger partial charge is 0.104 e. The second-order valence-electron chi connectivity index (χ2n) is 12.6. The van der Waals surface area contributed by atoms with E-state index in [0.717, 1.165) is 38.9 Å². The van der Waals surface area contributed by atoms with Crippen LogP contribution in [0.2, 0.25) is 0 Å². The SMILES string of the molecule is CC(CC(O)COC1CCC(C(C)(C)C2CCC(OCC(O)COCC3CO3)CC2)CC1)OCC1CO1. The second kappa shape index (κ2) is 14.4. The third kappa shape index (κ3) is 10.3. The Labute approximate surface area is 223 Å². The van der Waals surface area contributed by atoms with E-state index < -0.39 is 12.2 Å². The maximum atomic E-state index is 10.4. The number of aliphatic hydroxyl groups is 2. The second-order valence-corrected chi connectivity index (χ2v) is 12.6. The predicted octanol–water partition coefficient (Wildman–Crippen LogP) is 3.49. The Hall–Kier alpha value is -0.320. The van der Waals surface area contributed by atoms with Crippen molar-refractivity contribution >= 4 is 0 Å². The van der Waals surface area contributed by atoms with Crippen LogP contribution in [0.4, 0.5) is 0 Å². The van der Waals surface area contributed by atoms with E-state index in [1.807, 2.05) is 6.92 Å². The number of hydrogen-bond acceptors (Lipinski definition) is 8. The Bertz CT molecular complexity index is 636. The molecule has 0 radical (unpaired) electrons. The third-order valence-corrected chi connectivity index (χ3v) is 9.09. The molecule has 0 bridgehead atoms. The van der Waals surface area contributed by atoms with Crippen molar-refractivity contribution in [2.75, 3.05) is 46.2 Å². The fourth-order valence-electron chi connectivity index (χ4n) is 6.28. The molecule has 5 unspecified atom stereocenters. The molecule has 0 amide bonds. The maximum Gasteiger partial charge on any atom is 0.104 e. The quantitative estimate of drug-likeness (QED) is 0.277. The first-order valence-electron chi connectivity index (χ1n) is 14.8. The normalized spacial score (nSPS) is 34.6. The summed E-state index contributed by atoms with van der Waals surface area (Å²) >= 11 is 0. The van der Waals surface area contributed by atoms with E-state index in [1.54, 1.807) is 0 Å². The van der Waals surface area contributed by atoms with Crippen LogP contribution < -0.4 is 0 Å². The van der Waals surface area contributed by atoms with Gasteiger partial charge in [0.05, 0.1) is 70.7 Å². The van der Waals surface area contributed by atoms with Gasteiger partial charge in [0, 0.05) is 6.42 Å². The Morgan fingerprint density at radius 3 is 1.73 bits per heavy atom. The van der Waals surface area contributed by atoms with E-state index in [9.17, 15) is 10.2 Å². The van der Waals surface area contributed by atoms with Gasteiger partial charge in [-0.1, -0.05) is 13.8 Å². The molecule has 0 spiro atoms. The van der Waals surface area contributed by atoms with Gasteiger partial charge in [-0.3, -0.25) is 0 Å². The first kappa shape index (κ1) is 29.7. The Morgan fingerprint density at radius 1 is 0.730 bits per heavy atom. The molecule has 37 heavy (non-hydrogen) atoms. The number of ether oxygens (including phenoxy) is 6. The van der Waals surface area contributed by atoms with Crippen LogP contribution in [0.1, 0.15) is 78.6 Å². The van der Waals surface area contributed by atoms with Gasteiger partial charge in [0.2, 0.25) is 0 Å². The summed E-state index contributed by atoms with van der Waals surface area (Å²) in [7, 11) is 0. The minimum atomic E-state index is -0.564. The van der Waals surface area contributed by atoms with E-state index in [4.69, 9.17) is 28.4 Å². The highest BCUT2D eigenvalue weighted by Crippen LogP contribution is 2.48. The van der Waals surface area contributed by atoms with Crippen molar-refractivity contribution in [1.29, 1.82) is 0 Å². The van der Waals surface area contributed by atoms with Crippen molar-refractivity contribution in [3.05, 3.63) is 0 Å². The molecule has 4 fully saturated rings. The first-order valence-corrected chi connectivity index (χ1v) is 14.8. The van der Waals surface area contributed by atoms with Crippen LogP contribution in [0.25, 0.3) is 0 Å². The molecule has 0 aromatic carbocycles. The summed E-state index contributed by atoms with van der Waals surface area (Å²) in [5, 5.41) is 20.5. The lowest BCUT2D eigenvalue weighted by Crippen LogP contribution is -2.39. The van der Waals surface area contributed by atoms with Crippen molar-refractivity contribution in [3.63, 3.8) is 0 Å². The summed E-state index contributed by atoms with van der Waals surface area (Å²) in [5.74, 6) is 1.43. The number of epoxide rings is 2. The lowest BCUT2D eigenvalue weighted by atomic mass is 9.60. The minimum absolute atomic E-state index is 0.0198. The van der Waals surface area contributed by atoms with E-state index in [1.165, 1.54) is 25.7 Å². The van der Waals surface area contributed by atoms with Crippen LogP contribution in [0.5, 0.6) is 0 Å². The molecule has 5 atom stereocenters. The van der Waals surface area contributed by atoms with Crippen LogP contribution in [-0.2, 0) is 28.4 Å². The van der Waals surface area contributed by atoms with Crippen LogP contribution in [0.15, 0.2) is 0 Å². The lowest BCUT2D eigenvalue weighted by Gasteiger charge is -2.46. The summed E-state index contributed by atoms with van der Waals surface area (Å²) in [6, 6.07) is 0. The number of aliphatic hydroxyl groups excluding tert-OH is 2. The standard InChI is InChI=1S/C29H52O8/c1-20(33-17-28-19-37-28)12-23(30)14-34-25-8-4-21(5-9-25)29(2,3)22-6-10-26(11-7-22)35-15-24(31)13-32-16-27-18-36-27/h20-28,30-31H,4-19H2,1-3H3. The van der Waals surface area contributed by atoms with Crippen LogP contribution >= 0.6 is 0 Å². The Morgan fingerprint density at radius 2 is 1.22 bits per heavy atom. The summed E-state index contributed by atoms with van der Waals surface area (Å²) in [4.78, 5) is 0. The van der Waals surface area contributed by atoms with E-state index in [2.05, 4.69) is 13.8 Å². The third-order valence-electron chi connectivity index (χ3n) is 9.09. The molecule has 8 nitrogen and oxygen atoms in total. The first-order chi connectivity index (χ1) is 17.8. The average molecular weight is 529 g/mol. The fourth-order valence-corrected chi connectivity index (χ4v) is 6.28. The zero-order valence-corrected chi connectivity index (χ0v) is 23.4. The molecule has 0 aromatic rings. The van der Waals surface area contributed by atoms with Gasteiger partial charge in [-0.15, -0.1) is 0 Å². The zero-order valence-electron chi connectivity index (χ0n) is 23.4. The van der Waals surface area contributed by atoms with Crippen molar-refractivity contribution in [2.24, 2.45) is 17.3 Å². The molecular formula is C29H52O8. The molecule has 2 saturated heterocycles. The van der Waals surface area contributed by atoms with Crippen molar-refractivity contribution in [3.8, 4) is 0 Å². The Balaban J connectivity index is 1.06. The highest BCUT2D eigenvalue weighted by atomic mass is 16.6. The summed E-state index contributed by atoms with van der Waals surface area (Å²) in [6.07, 6.45) is 9.67. The summed E-state index contributed by atoms with van der Waals surface area (Å²) < 4.78 is 33.6. The van der Waals surface area contributed by atoms with Gasteiger partial charge >= 0.3 is 0 Å². The van der Waals surface area contributed by atoms with Gasteiger partial charge in [0.25, 0.3) is 0 Å². The zero-order chi connectivity index (χ0) is 26.3. The molecule has 2 aliphatic carbocycles. The monoisotopic (exact) mass is 528 g/mol. The lowest BCUT2D eigenvalue weighted by molar-refractivity contribution is -0.0738. The van der Waals surface area contributed by atoms with Crippen LogP contribution in [0, 0.1) is 17.3 Å². The molecule has 2 saturated carbocycles. The minimum Gasteiger partial charge on any atom is -0.391 e. The van der Waals surface area contributed by atoms with Gasteiger partial charge in [-0.05, 0) is 75.5 Å². The molecule has 0 aromatic heterocycles. The van der Waals surface area contributed by atoms with Gasteiger partial charge in [0.1, 0.15) is 18.3 Å². The largest absolute Gasteiger partial charge is 0.391 e. The van der Waals surface area contributed by atoms with Crippen molar-refractivity contribution in [1.82, 2.24) is 0 Å². The van der Waals surface area contributed by atoms with Crippen molar-refractivity contribution < 1.29 is 38.6 Å². The highest BCUT2D eigenvalue weighted by molar-refractivity contribution is 4.91. The van der Waals surface area contributed by atoms with Gasteiger partial charge in [-0.2, -0.15) is 0 Å². The van der Waals surface area contributed by atoms with Gasteiger partial charge in [0.15, 0.2) is 0 Å². The van der Waals surface area contributed by atoms with E-state index in [-0.39, 0.29) is 30.5 Å². The number of hydrogen-bond donors (Lipinski definition) is 2. The Kier molecular flexibility index (Phi) is 11.5. The molecule has 4 aliphatic rings. The molecule has 4 rings (SSSR count). The fraction of sp³-hybridized carbons (Fsp3) is 1.00. The molecule has 216 valence electrons. The van der Waals surface area contributed by atoms with Crippen LogP contribution in [-0.4, -0.2) is 99.2 Å². The molecular weight excluding hydrogens is 476 g/mol. The molecule has 8 heteroatoms. The highest BCUT2D eigenvalue weighted by Gasteiger charge is 2.41. The topological polar surface area (TPSA) is 102 Å². The summed E-state index contributed by atoms with van der Waals surface area (Å²) in [6.45, 7) is 10.8. The van der Waals surface area contributed by atoms with Crippen molar-refractivity contribution in [2.45, 2.75) is 121 Å². The predicted molar refractivity (Wildman–Crippen MR) is 140 cm³/mol. The molecule has 2 N–H and O–H groups in total. The van der Waals surface area contributed by atoms with E-state index in [0.29, 0.717) is 56.7 Å². The van der Waals surface area contributed by atoms with Gasteiger partial charge in [-0.25, -0.2) is 0 Å². The van der Waals surface area contributed by atoms with E-state index >= 15 is 0 Å². The maximum absolute atomic E-state index is 10.4. The average Bonchev–Trinajstić information content (AvgIpc) is 3.81. The van der Waals surface area contributed by atoms with Gasteiger partial charge < -0.3 is 38.6 Å².